The quantitative estimate of drug-likeness (QED) is 0.756. The third kappa shape index (κ3) is 2.97. The maximum atomic E-state index is 5.75. The van der Waals surface area contributed by atoms with Crippen LogP contribution in [0.2, 0.25) is 0 Å². The Morgan fingerprint density at radius 2 is 2.06 bits per heavy atom. The van der Waals surface area contributed by atoms with E-state index >= 15 is 0 Å². The third-order valence-electron chi connectivity index (χ3n) is 2.17. The highest BCUT2D eigenvalue weighted by Gasteiger charge is 1.97. The van der Waals surface area contributed by atoms with Crippen LogP contribution in [0.25, 0.3) is 0 Å². The van der Waals surface area contributed by atoms with Crippen LogP contribution in [0, 0.1) is 0 Å². The van der Waals surface area contributed by atoms with Gasteiger partial charge in [-0.05, 0) is 29.8 Å². The van der Waals surface area contributed by atoms with Crippen molar-refractivity contribution in [1.82, 2.24) is 4.98 Å². The lowest BCUT2D eigenvalue weighted by Gasteiger charge is -2.06. The first-order valence-corrected chi connectivity index (χ1v) is 5.59. The van der Waals surface area contributed by atoms with Crippen LogP contribution in [-0.2, 0) is 12.5 Å². The summed E-state index contributed by atoms with van der Waals surface area (Å²) in [6.45, 7) is 0.479. The summed E-state index contributed by atoms with van der Waals surface area (Å²) in [5, 5.41) is 0. The molecular weight excluding hydrogens is 222 g/mol. The molecule has 2 rings (SSSR count). The zero-order chi connectivity index (χ0) is 11.2. The zero-order valence-corrected chi connectivity index (χ0v) is 9.52. The van der Waals surface area contributed by atoms with Crippen LogP contribution in [-0.4, -0.2) is 4.98 Å². The maximum Gasteiger partial charge on any atom is 0.130 e. The lowest BCUT2D eigenvalue weighted by molar-refractivity contribution is 0.301. The molecule has 0 aliphatic carbocycles. The summed E-state index contributed by atoms with van der Waals surface area (Å²) in [7, 11) is 0. The number of nitrogens with zero attached hydrogens (tertiary/aromatic N) is 1. The van der Waals surface area contributed by atoms with E-state index in [4.69, 9.17) is 16.3 Å². The SMILES string of the molecule is ClCc1cccc(OCc2ccccn2)c1. The summed E-state index contributed by atoms with van der Waals surface area (Å²) in [4.78, 5) is 4.19. The lowest BCUT2D eigenvalue weighted by atomic mass is 10.2. The van der Waals surface area contributed by atoms with E-state index in [-0.39, 0.29) is 0 Å². The van der Waals surface area contributed by atoms with E-state index in [0.717, 1.165) is 17.0 Å². The number of pyridine rings is 1. The highest BCUT2D eigenvalue weighted by atomic mass is 35.5. The molecule has 1 heterocycles. The van der Waals surface area contributed by atoms with E-state index in [2.05, 4.69) is 4.98 Å². The van der Waals surface area contributed by atoms with E-state index < -0.39 is 0 Å². The van der Waals surface area contributed by atoms with Crippen molar-refractivity contribution in [2.45, 2.75) is 12.5 Å². The van der Waals surface area contributed by atoms with Crippen molar-refractivity contribution in [1.29, 1.82) is 0 Å². The first-order valence-electron chi connectivity index (χ1n) is 5.06. The number of halogens is 1. The zero-order valence-electron chi connectivity index (χ0n) is 8.77. The van der Waals surface area contributed by atoms with Crippen molar-refractivity contribution in [3.63, 3.8) is 0 Å². The van der Waals surface area contributed by atoms with Crippen molar-refractivity contribution in [3.8, 4) is 5.75 Å². The standard InChI is InChI=1S/C13H12ClNO/c14-9-11-4-3-6-13(8-11)16-10-12-5-1-2-7-15-12/h1-8H,9-10H2. The van der Waals surface area contributed by atoms with Gasteiger partial charge in [0.25, 0.3) is 0 Å². The molecule has 0 amide bonds. The van der Waals surface area contributed by atoms with Crippen LogP contribution >= 0.6 is 11.6 Å². The Hall–Kier alpha value is -1.54. The third-order valence-corrected chi connectivity index (χ3v) is 2.47. The van der Waals surface area contributed by atoms with Gasteiger partial charge in [0.05, 0.1) is 5.69 Å². The summed E-state index contributed by atoms with van der Waals surface area (Å²) < 4.78 is 5.61. The lowest BCUT2D eigenvalue weighted by Crippen LogP contribution is -1.97. The van der Waals surface area contributed by atoms with Crippen LogP contribution in [0.4, 0.5) is 0 Å². The van der Waals surface area contributed by atoms with Crippen molar-refractivity contribution in [2.24, 2.45) is 0 Å². The molecule has 0 N–H and O–H groups in total. The molecule has 0 radical (unpaired) electrons. The van der Waals surface area contributed by atoms with Crippen molar-refractivity contribution in [3.05, 3.63) is 59.9 Å². The molecule has 0 saturated heterocycles. The van der Waals surface area contributed by atoms with Gasteiger partial charge in [-0.3, -0.25) is 4.98 Å². The molecule has 16 heavy (non-hydrogen) atoms. The second-order valence-corrected chi connectivity index (χ2v) is 3.66. The maximum absolute atomic E-state index is 5.75. The fraction of sp³-hybridized carbons (Fsp3) is 0.154. The summed E-state index contributed by atoms with van der Waals surface area (Å²) in [5.41, 5.74) is 1.97. The molecule has 0 atom stereocenters. The molecule has 0 aliphatic rings. The van der Waals surface area contributed by atoms with Crippen LogP contribution in [0.3, 0.4) is 0 Å². The molecule has 0 saturated carbocycles. The van der Waals surface area contributed by atoms with Gasteiger partial charge >= 0.3 is 0 Å². The van der Waals surface area contributed by atoms with Gasteiger partial charge in [-0.2, -0.15) is 0 Å². The largest absolute Gasteiger partial charge is 0.487 e. The average molecular weight is 234 g/mol. The Kier molecular flexibility index (Phi) is 3.78. The summed E-state index contributed by atoms with van der Waals surface area (Å²) in [6.07, 6.45) is 1.76. The normalized spacial score (nSPS) is 10.1. The molecule has 0 aliphatic heterocycles. The predicted octanol–water partition coefficient (Wildman–Crippen LogP) is 3.40. The summed E-state index contributed by atoms with van der Waals surface area (Å²) >= 11 is 5.75. The monoisotopic (exact) mass is 233 g/mol. The number of hydrogen-bond acceptors (Lipinski definition) is 2. The Bertz CT molecular complexity index is 445. The van der Waals surface area contributed by atoms with Crippen molar-refractivity contribution >= 4 is 11.6 Å². The van der Waals surface area contributed by atoms with Gasteiger partial charge < -0.3 is 4.74 Å². The molecule has 0 bridgehead atoms. The van der Waals surface area contributed by atoms with Gasteiger partial charge in [-0.1, -0.05) is 18.2 Å². The first-order chi connectivity index (χ1) is 7.88. The number of benzene rings is 1. The molecule has 2 aromatic rings. The molecule has 3 heteroatoms. The minimum atomic E-state index is 0.479. The van der Waals surface area contributed by atoms with Crippen molar-refractivity contribution in [2.75, 3.05) is 0 Å². The molecule has 1 aromatic heterocycles. The minimum absolute atomic E-state index is 0.479. The highest BCUT2D eigenvalue weighted by molar-refractivity contribution is 6.17. The Balaban J connectivity index is 1.99. The van der Waals surface area contributed by atoms with Gasteiger partial charge in [-0.15, -0.1) is 11.6 Å². The Morgan fingerprint density at radius 1 is 1.12 bits per heavy atom. The van der Waals surface area contributed by atoms with Crippen LogP contribution in [0.1, 0.15) is 11.3 Å². The van der Waals surface area contributed by atoms with E-state index in [1.165, 1.54) is 0 Å². The molecule has 1 aromatic carbocycles. The molecular formula is C13H12ClNO. The number of ether oxygens (including phenoxy) is 1. The van der Waals surface area contributed by atoms with E-state index in [0.29, 0.717) is 12.5 Å². The fourth-order valence-electron chi connectivity index (χ4n) is 1.36. The van der Waals surface area contributed by atoms with Crippen LogP contribution < -0.4 is 4.74 Å². The summed E-state index contributed by atoms with van der Waals surface area (Å²) in [6, 6.07) is 13.5. The van der Waals surface area contributed by atoms with Gasteiger partial charge in [-0.25, -0.2) is 0 Å². The molecule has 2 nitrogen and oxygen atoms in total. The number of hydrogen-bond donors (Lipinski definition) is 0. The molecule has 0 unspecified atom stereocenters. The second kappa shape index (κ2) is 5.52. The molecule has 0 fully saturated rings. The second-order valence-electron chi connectivity index (χ2n) is 3.39. The molecule has 82 valence electrons. The summed E-state index contributed by atoms with van der Waals surface area (Å²) in [5.74, 6) is 1.32. The van der Waals surface area contributed by atoms with E-state index in [1.54, 1.807) is 6.20 Å². The van der Waals surface area contributed by atoms with Crippen molar-refractivity contribution < 1.29 is 4.74 Å². The average Bonchev–Trinajstić information content (AvgIpc) is 2.38. The smallest absolute Gasteiger partial charge is 0.130 e. The fourth-order valence-corrected chi connectivity index (χ4v) is 1.53. The van der Waals surface area contributed by atoms with Crippen LogP contribution in [0.15, 0.2) is 48.7 Å². The first kappa shape index (κ1) is 11.0. The topological polar surface area (TPSA) is 22.1 Å². The van der Waals surface area contributed by atoms with Gasteiger partial charge in [0.15, 0.2) is 0 Å². The number of aromatic nitrogens is 1. The molecule has 0 spiro atoms. The van der Waals surface area contributed by atoms with E-state index in [1.807, 2.05) is 42.5 Å². The number of alkyl halides is 1. The van der Waals surface area contributed by atoms with Crippen LogP contribution in [0.5, 0.6) is 5.75 Å². The Morgan fingerprint density at radius 3 is 2.81 bits per heavy atom. The predicted molar refractivity (Wildman–Crippen MR) is 64.6 cm³/mol. The number of rotatable bonds is 4. The highest BCUT2D eigenvalue weighted by Crippen LogP contribution is 2.15. The van der Waals surface area contributed by atoms with Gasteiger partial charge in [0, 0.05) is 12.1 Å². The Labute approximate surface area is 99.9 Å². The van der Waals surface area contributed by atoms with Gasteiger partial charge in [0.2, 0.25) is 0 Å². The van der Waals surface area contributed by atoms with Gasteiger partial charge in [0.1, 0.15) is 12.4 Å². The van der Waals surface area contributed by atoms with E-state index in [9.17, 15) is 0 Å². The minimum Gasteiger partial charge on any atom is -0.487 e.